The monoisotopic (exact) mass is 184 g/mol. The van der Waals surface area contributed by atoms with Gasteiger partial charge in [-0.1, -0.05) is 0 Å². The Hall–Kier alpha value is -1.70. The van der Waals surface area contributed by atoms with Gasteiger partial charge in [-0.15, -0.1) is 0 Å². The average Bonchev–Trinajstić information content (AvgIpc) is 2.08. The van der Waals surface area contributed by atoms with Crippen molar-refractivity contribution in [2.24, 2.45) is 0 Å². The lowest BCUT2D eigenvalue weighted by atomic mass is 10.3. The van der Waals surface area contributed by atoms with Gasteiger partial charge < -0.3 is 4.57 Å². The molecule has 1 rings (SSSR count). The van der Waals surface area contributed by atoms with Crippen molar-refractivity contribution < 1.29 is 8.78 Å². The third kappa shape index (κ3) is 2.12. The molecule has 0 atom stereocenters. The summed E-state index contributed by atoms with van der Waals surface area (Å²) in [4.78, 5) is 11.1. The second-order valence-electron chi connectivity index (χ2n) is 2.38. The first-order valence-corrected chi connectivity index (χ1v) is 3.53. The molecule has 0 saturated heterocycles. The summed E-state index contributed by atoms with van der Waals surface area (Å²) in [6.45, 7) is -0.672. The molecule has 68 valence electrons. The zero-order valence-electron chi connectivity index (χ0n) is 6.58. The van der Waals surface area contributed by atoms with Crippen LogP contribution in [0.2, 0.25) is 0 Å². The molecule has 0 aliphatic carbocycles. The minimum atomic E-state index is -2.59. The molecule has 0 spiro atoms. The van der Waals surface area contributed by atoms with Crippen LogP contribution in [0.5, 0.6) is 0 Å². The minimum absolute atomic E-state index is 0.122. The second kappa shape index (κ2) is 3.81. The van der Waals surface area contributed by atoms with E-state index in [0.29, 0.717) is 0 Å². The van der Waals surface area contributed by atoms with E-state index in [9.17, 15) is 13.6 Å². The van der Waals surface area contributed by atoms with Crippen molar-refractivity contribution >= 4 is 0 Å². The van der Waals surface area contributed by atoms with Crippen molar-refractivity contribution in [3.63, 3.8) is 0 Å². The first kappa shape index (κ1) is 9.39. The van der Waals surface area contributed by atoms with Crippen LogP contribution in [0.1, 0.15) is 5.56 Å². The summed E-state index contributed by atoms with van der Waals surface area (Å²) in [5.41, 5.74) is -0.798. The highest BCUT2D eigenvalue weighted by Crippen LogP contribution is 1.96. The lowest BCUT2D eigenvalue weighted by Gasteiger charge is -2.03. The quantitative estimate of drug-likeness (QED) is 0.687. The molecule has 0 radical (unpaired) electrons. The molecule has 0 saturated carbocycles. The largest absolute Gasteiger partial charge is 0.309 e. The Kier molecular flexibility index (Phi) is 2.75. The van der Waals surface area contributed by atoms with Crippen LogP contribution in [0, 0.1) is 11.3 Å². The van der Waals surface area contributed by atoms with Crippen molar-refractivity contribution in [1.82, 2.24) is 4.57 Å². The number of hydrogen-bond acceptors (Lipinski definition) is 2. The van der Waals surface area contributed by atoms with Crippen molar-refractivity contribution in [3.8, 4) is 6.07 Å². The maximum absolute atomic E-state index is 11.9. The number of pyridine rings is 1. The van der Waals surface area contributed by atoms with Crippen LogP contribution in [0.4, 0.5) is 8.78 Å². The third-order valence-corrected chi connectivity index (χ3v) is 1.48. The van der Waals surface area contributed by atoms with Gasteiger partial charge in [0.1, 0.15) is 11.6 Å². The van der Waals surface area contributed by atoms with E-state index < -0.39 is 18.5 Å². The van der Waals surface area contributed by atoms with Gasteiger partial charge in [0, 0.05) is 6.20 Å². The Morgan fingerprint density at radius 2 is 2.31 bits per heavy atom. The van der Waals surface area contributed by atoms with Gasteiger partial charge in [0.25, 0.3) is 12.0 Å². The molecular weight excluding hydrogens is 178 g/mol. The van der Waals surface area contributed by atoms with Crippen LogP contribution in [0.3, 0.4) is 0 Å². The molecule has 0 unspecified atom stereocenters. The highest BCUT2D eigenvalue weighted by atomic mass is 19.3. The summed E-state index contributed by atoms with van der Waals surface area (Å²) < 4.78 is 24.6. The maximum atomic E-state index is 11.9. The summed E-state index contributed by atoms with van der Waals surface area (Å²) >= 11 is 0. The van der Waals surface area contributed by atoms with E-state index in [-0.39, 0.29) is 5.56 Å². The first-order chi connectivity index (χ1) is 6.15. The topological polar surface area (TPSA) is 45.8 Å². The number of rotatable bonds is 2. The van der Waals surface area contributed by atoms with Crippen molar-refractivity contribution in [1.29, 1.82) is 5.26 Å². The summed E-state index contributed by atoms with van der Waals surface area (Å²) in [7, 11) is 0. The molecule has 0 fully saturated rings. The molecule has 0 amide bonds. The zero-order chi connectivity index (χ0) is 9.84. The van der Waals surface area contributed by atoms with E-state index in [1.165, 1.54) is 18.3 Å². The fraction of sp³-hybridized carbons (Fsp3) is 0.250. The molecule has 13 heavy (non-hydrogen) atoms. The number of alkyl halides is 2. The summed E-state index contributed by atoms with van der Waals surface area (Å²) in [5.74, 6) is 0. The summed E-state index contributed by atoms with van der Waals surface area (Å²) in [6, 6.07) is 4.32. The van der Waals surface area contributed by atoms with Crippen LogP contribution in [0.25, 0.3) is 0 Å². The Balaban J connectivity index is 3.11. The molecule has 0 N–H and O–H groups in total. The Morgan fingerprint density at radius 3 is 2.85 bits per heavy atom. The van der Waals surface area contributed by atoms with E-state index in [1.807, 2.05) is 0 Å². The van der Waals surface area contributed by atoms with Gasteiger partial charge in [-0.05, 0) is 12.1 Å². The summed E-state index contributed by atoms with van der Waals surface area (Å²) in [6.07, 6.45) is -1.36. The number of nitriles is 1. The number of nitrogens with zero attached hydrogens (tertiary/aromatic N) is 2. The van der Waals surface area contributed by atoms with Gasteiger partial charge in [0.05, 0.1) is 6.54 Å². The summed E-state index contributed by atoms with van der Waals surface area (Å²) in [5, 5.41) is 8.43. The highest BCUT2D eigenvalue weighted by molar-refractivity contribution is 5.24. The molecule has 1 aromatic rings. The maximum Gasteiger partial charge on any atom is 0.268 e. The SMILES string of the molecule is N#Cc1cccn(CC(F)F)c1=O. The molecular formula is C8H6F2N2O. The number of hydrogen-bond donors (Lipinski definition) is 0. The predicted octanol–water partition coefficient (Wildman–Crippen LogP) is 0.985. The zero-order valence-corrected chi connectivity index (χ0v) is 6.58. The van der Waals surface area contributed by atoms with Crippen molar-refractivity contribution in [3.05, 3.63) is 34.2 Å². The van der Waals surface area contributed by atoms with Gasteiger partial charge in [-0.25, -0.2) is 8.78 Å². The fourth-order valence-corrected chi connectivity index (χ4v) is 0.914. The molecule has 0 bridgehead atoms. The molecule has 5 heteroatoms. The van der Waals surface area contributed by atoms with E-state index in [1.54, 1.807) is 6.07 Å². The normalized spacial score (nSPS) is 10.0. The van der Waals surface area contributed by atoms with Gasteiger partial charge in [0.15, 0.2) is 0 Å². The second-order valence-corrected chi connectivity index (χ2v) is 2.38. The minimum Gasteiger partial charge on any atom is -0.309 e. The Morgan fingerprint density at radius 1 is 1.62 bits per heavy atom. The van der Waals surface area contributed by atoms with Crippen LogP contribution < -0.4 is 5.56 Å². The average molecular weight is 184 g/mol. The van der Waals surface area contributed by atoms with Gasteiger partial charge in [-0.3, -0.25) is 4.79 Å². The van der Waals surface area contributed by atoms with Gasteiger partial charge in [-0.2, -0.15) is 5.26 Å². The van der Waals surface area contributed by atoms with Crippen LogP contribution in [-0.2, 0) is 6.54 Å². The van der Waals surface area contributed by atoms with E-state index in [4.69, 9.17) is 5.26 Å². The van der Waals surface area contributed by atoms with Gasteiger partial charge >= 0.3 is 0 Å². The molecule has 0 aromatic carbocycles. The molecule has 1 heterocycles. The van der Waals surface area contributed by atoms with E-state index in [0.717, 1.165) is 4.57 Å². The van der Waals surface area contributed by atoms with Crippen molar-refractivity contribution in [2.75, 3.05) is 0 Å². The smallest absolute Gasteiger partial charge is 0.268 e. The van der Waals surface area contributed by atoms with Crippen LogP contribution in [-0.4, -0.2) is 11.0 Å². The lowest BCUT2D eigenvalue weighted by Crippen LogP contribution is -2.24. The van der Waals surface area contributed by atoms with Crippen LogP contribution >= 0.6 is 0 Å². The molecule has 1 aromatic heterocycles. The van der Waals surface area contributed by atoms with Crippen LogP contribution in [0.15, 0.2) is 23.1 Å². The predicted molar refractivity (Wildman–Crippen MR) is 41.4 cm³/mol. The molecule has 3 nitrogen and oxygen atoms in total. The third-order valence-electron chi connectivity index (χ3n) is 1.48. The lowest BCUT2D eigenvalue weighted by molar-refractivity contribution is 0.125. The number of aromatic nitrogens is 1. The standard InChI is InChI=1S/C8H6F2N2O/c9-7(10)5-12-3-1-2-6(4-11)8(12)13/h1-3,7H,5H2. The van der Waals surface area contributed by atoms with Gasteiger partial charge in [0.2, 0.25) is 0 Å². The highest BCUT2D eigenvalue weighted by Gasteiger charge is 2.07. The van der Waals surface area contributed by atoms with E-state index >= 15 is 0 Å². The molecule has 0 aliphatic heterocycles. The first-order valence-electron chi connectivity index (χ1n) is 3.53. The van der Waals surface area contributed by atoms with E-state index in [2.05, 4.69) is 0 Å². The molecule has 0 aliphatic rings. The Labute approximate surface area is 72.8 Å². The Bertz CT molecular complexity index is 392. The van der Waals surface area contributed by atoms with Crippen molar-refractivity contribution in [2.45, 2.75) is 13.0 Å². The number of halogens is 2. The fourth-order valence-electron chi connectivity index (χ4n) is 0.914.